The lowest BCUT2D eigenvalue weighted by molar-refractivity contribution is -0.123. The second kappa shape index (κ2) is 7.89. The molecule has 0 aromatic carbocycles. The van der Waals surface area contributed by atoms with E-state index in [1.54, 1.807) is 28.3 Å². The maximum absolute atomic E-state index is 12.4. The van der Waals surface area contributed by atoms with Crippen LogP contribution in [-0.4, -0.2) is 48.2 Å². The Bertz CT molecular complexity index is 567. The molecule has 0 amide bonds. The van der Waals surface area contributed by atoms with Gasteiger partial charge in [-0.15, -0.1) is 0 Å². The molecule has 0 spiro atoms. The van der Waals surface area contributed by atoms with E-state index in [0.29, 0.717) is 18.3 Å². The van der Waals surface area contributed by atoms with E-state index in [2.05, 4.69) is 15.3 Å². The van der Waals surface area contributed by atoms with E-state index >= 15 is 0 Å². The summed E-state index contributed by atoms with van der Waals surface area (Å²) in [4.78, 5) is 15.4. The van der Waals surface area contributed by atoms with Crippen molar-refractivity contribution in [3.05, 3.63) is 10.4 Å². The Hall–Kier alpha value is -1.08. The van der Waals surface area contributed by atoms with Crippen molar-refractivity contribution in [2.24, 2.45) is 22.9 Å². The number of aliphatic hydroxyl groups is 1. The summed E-state index contributed by atoms with van der Waals surface area (Å²) < 4.78 is 5.76. The fraction of sp³-hybridized carbons (Fsp3) is 0.944. The normalized spacial score (nSPS) is 31.4. The summed E-state index contributed by atoms with van der Waals surface area (Å²) >= 11 is 0. The van der Waals surface area contributed by atoms with Gasteiger partial charge in [-0.1, -0.05) is 17.9 Å². The Labute approximate surface area is 157 Å². The number of nitrogens with zero attached hydrogens (tertiary/aromatic N) is 3. The molecule has 0 aromatic rings. The van der Waals surface area contributed by atoms with Crippen molar-refractivity contribution in [3.63, 3.8) is 0 Å². The second-order valence-electron chi connectivity index (χ2n) is 8.85. The van der Waals surface area contributed by atoms with Crippen LogP contribution in [0.5, 0.6) is 0 Å². The number of azide groups is 1. The lowest BCUT2D eigenvalue weighted by Crippen LogP contribution is -2.48. The lowest BCUT2D eigenvalue weighted by atomic mass is 9.76. The zero-order chi connectivity index (χ0) is 19.6. The molecule has 1 saturated carbocycles. The van der Waals surface area contributed by atoms with Crippen LogP contribution in [-0.2, 0) is 9.45 Å². The van der Waals surface area contributed by atoms with Gasteiger partial charge in [0.1, 0.15) is 11.3 Å². The molecule has 145 valence electrons. The van der Waals surface area contributed by atoms with Crippen molar-refractivity contribution in [2.45, 2.75) is 76.9 Å². The van der Waals surface area contributed by atoms with E-state index in [9.17, 15) is 9.90 Å². The van der Waals surface area contributed by atoms with E-state index in [4.69, 9.17) is 10.2 Å². The van der Waals surface area contributed by atoms with Crippen molar-refractivity contribution >= 4 is 13.3 Å². The second-order valence-corrected chi connectivity index (χ2v) is 8.85. The summed E-state index contributed by atoms with van der Waals surface area (Å²) in [6.07, 6.45) is 3.06. The first-order valence-corrected chi connectivity index (χ1v) is 9.55. The lowest BCUT2D eigenvalue weighted by Gasteiger charge is -2.37. The number of nitrogens with one attached hydrogen (secondary N) is 1. The highest BCUT2D eigenvalue weighted by Gasteiger charge is 2.56. The highest BCUT2D eigenvalue weighted by molar-refractivity contribution is 6.27. The first-order chi connectivity index (χ1) is 12.0. The molecule has 26 heavy (non-hydrogen) atoms. The molecule has 1 aliphatic carbocycles. The van der Waals surface area contributed by atoms with Gasteiger partial charge in [-0.25, -0.2) is 0 Å². The van der Waals surface area contributed by atoms with Gasteiger partial charge in [-0.2, -0.15) is 0 Å². The van der Waals surface area contributed by atoms with Crippen LogP contribution in [0.3, 0.4) is 0 Å². The smallest absolute Gasteiger partial charge is 0.293 e. The molecule has 1 aliphatic heterocycles. The van der Waals surface area contributed by atoms with Crippen LogP contribution in [0.4, 0.5) is 0 Å². The van der Waals surface area contributed by atoms with E-state index in [1.807, 2.05) is 13.8 Å². The minimum Gasteiger partial charge on any atom is -0.433 e. The van der Waals surface area contributed by atoms with E-state index in [1.165, 1.54) is 0 Å². The molecule has 7 nitrogen and oxygen atoms in total. The highest BCUT2D eigenvalue weighted by atomic mass is 16.5. The fourth-order valence-corrected chi connectivity index (χ4v) is 4.31. The predicted octanol–water partition coefficient (Wildman–Crippen LogP) is 2.86. The molecule has 0 aromatic heterocycles. The van der Waals surface area contributed by atoms with Gasteiger partial charge in [0.2, 0.25) is 0 Å². The van der Waals surface area contributed by atoms with Crippen molar-refractivity contribution < 1.29 is 14.6 Å². The third kappa shape index (κ3) is 4.09. The average molecular weight is 363 g/mol. The van der Waals surface area contributed by atoms with Gasteiger partial charge in [0.15, 0.2) is 0 Å². The van der Waals surface area contributed by atoms with E-state index in [-0.39, 0.29) is 11.7 Å². The Morgan fingerprint density at radius 1 is 1.42 bits per heavy atom. The average Bonchev–Trinajstić information content (AvgIpc) is 3.06. The molecule has 0 unspecified atom stereocenters. The Balaban J connectivity index is 1.95. The summed E-state index contributed by atoms with van der Waals surface area (Å²) in [5.41, 5.74) is 6.54. The molecule has 1 radical (unpaired) electrons. The SMILES string of the molecule is CC(=O)[C@]1(N=[N+]=[N-])C[C@H]2CNC[C@H]2[C@@H]1CCC[B]OC(C)(C)C(C)(C)O. The molecular formula is C18H32BN4O3. The largest absolute Gasteiger partial charge is 0.433 e. The van der Waals surface area contributed by atoms with Crippen molar-refractivity contribution in [2.75, 3.05) is 13.1 Å². The standard InChI is InChI=1S/C18H32BN4O3/c1-12(24)18(22-23-20)9-13-10-21-11-14(13)15(18)7-6-8-19-26-17(4,5)16(2,3)25/h13-15,21,25H,6-11H2,1-5H3/t13-,14+,15-,18+/m0/s1. The van der Waals surface area contributed by atoms with Crippen LogP contribution >= 0.6 is 0 Å². The van der Waals surface area contributed by atoms with Crippen LogP contribution in [0.25, 0.3) is 10.4 Å². The van der Waals surface area contributed by atoms with Gasteiger partial charge < -0.3 is 15.1 Å². The molecule has 2 N–H and O–H groups in total. The maximum atomic E-state index is 12.4. The quantitative estimate of drug-likeness (QED) is 0.216. The van der Waals surface area contributed by atoms with Crippen LogP contribution < -0.4 is 5.32 Å². The fourth-order valence-electron chi connectivity index (χ4n) is 4.31. The molecule has 2 aliphatic rings. The number of hydrogen-bond donors (Lipinski definition) is 2. The zero-order valence-electron chi connectivity index (χ0n) is 16.7. The van der Waals surface area contributed by atoms with Gasteiger partial charge in [-0.3, -0.25) is 4.79 Å². The van der Waals surface area contributed by atoms with Crippen molar-refractivity contribution in [3.8, 4) is 0 Å². The van der Waals surface area contributed by atoms with Crippen molar-refractivity contribution in [1.29, 1.82) is 0 Å². The van der Waals surface area contributed by atoms with Crippen molar-refractivity contribution in [1.82, 2.24) is 5.32 Å². The Morgan fingerprint density at radius 2 is 2.12 bits per heavy atom. The monoisotopic (exact) mass is 363 g/mol. The number of carbonyl (C=O) groups excluding carboxylic acids is 1. The molecule has 2 rings (SSSR count). The van der Waals surface area contributed by atoms with Crippen LogP contribution in [0.15, 0.2) is 5.11 Å². The molecule has 8 heteroatoms. The maximum Gasteiger partial charge on any atom is 0.293 e. The molecular weight excluding hydrogens is 331 g/mol. The molecule has 2 fully saturated rings. The first kappa shape index (κ1) is 21.2. The number of carbonyl (C=O) groups is 1. The summed E-state index contributed by atoms with van der Waals surface area (Å²) in [6, 6.07) is 0. The topological polar surface area (TPSA) is 107 Å². The van der Waals surface area contributed by atoms with Gasteiger partial charge in [0.25, 0.3) is 7.48 Å². The van der Waals surface area contributed by atoms with E-state index < -0.39 is 16.7 Å². The summed E-state index contributed by atoms with van der Waals surface area (Å²) in [7, 11) is 1.75. The number of fused-ring (bicyclic) bond motifs is 1. The number of ketones is 1. The minimum atomic E-state index is -0.941. The van der Waals surface area contributed by atoms with E-state index in [0.717, 1.165) is 32.3 Å². The molecule has 1 heterocycles. The predicted molar refractivity (Wildman–Crippen MR) is 102 cm³/mol. The van der Waals surface area contributed by atoms with Gasteiger partial charge in [-0.05, 0) is 83.8 Å². The molecule has 0 bridgehead atoms. The summed E-state index contributed by atoms with van der Waals surface area (Å²) in [5.74, 6) is 0.853. The highest BCUT2D eigenvalue weighted by Crippen LogP contribution is 2.51. The third-order valence-electron chi connectivity index (χ3n) is 6.62. The van der Waals surface area contributed by atoms with Crippen LogP contribution in [0.2, 0.25) is 6.32 Å². The summed E-state index contributed by atoms with van der Waals surface area (Å²) in [5, 5.41) is 17.6. The zero-order valence-corrected chi connectivity index (χ0v) is 16.7. The van der Waals surface area contributed by atoms with Crippen LogP contribution in [0.1, 0.15) is 53.9 Å². The molecule has 1 saturated heterocycles. The van der Waals surface area contributed by atoms with Gasteiger partial charge in [0, 0.05) is 4.91 Å². The number of rotatable bonds is 9. The van der Waals surface area contributed by atoms with Gasteiger partial charge >= 0.3 is 0 Å². The molecule has 4 atom stereocenters. The summed E-state index contributed by atoms with van der Waals surface area (Å²) in [6.45, 7) is 10.5. The Morgan fingerprint density at radius 3 is 2.69 bits per heavy atom. The Kier molecular flexibility index (Phi) is 6.44. The number of hydrogen-bond acceptors (Lipinski definition) is 5. The third-order valence-corrected chi connectivity index (χ3v) is 6.62. The van der Waals surface area contributed by atoms with Gasteiger partial charge in [0.05, 0.1) is 11.2 Å². The number of Topliss-reactive ketones (excluding diaryl/α,β-unsaturated/α-hetero) is 1. The minimum absolute atomic E-state index is 0.0157. The van der Waals surface area contributed by atoms with Crippen LogP contribution in [0, 0.1) is 17.8 Å². The first-order valence-electron chi connectivity index (χ1n) is 9.55.